The van der Waals surface area contributed by atoms with Gasteiger partial charge in [0.05, 0.1) is 16.2 Å². The van der Waals surface area contributed by atoms with Crippen molar-refractivity contribution in [2.45, 2.75) is 11.5 Å². The fourth-order valence-electron chi connectivity index (χ4n) is 2.02. The Balaban J connectivity index is 2.18. The van der Waals surface area contributed by atoms with Crippen LogP contribution in [0.5, 0.6) is 0 Å². The molecule has 0 unspecified atom stereocenters. The van der Waals surface area contributed by atoms with Gasteiger partial charge in [-0.25, -0.2) is 9.97 Å². The summed E-state index contributed by atoms with van der Waals surface area (Å²) in [5, 5.41) is 11.0. The van der Waals surface area contributed by atoms with Crippen LogP contribution in [0, 0.1) is 10.1 Å². The summed E-state index contributed by atoms with van der Waals surface area (Å²) in [4.78, 5) is 19.2. The highest BCUT2D eigenvalue weighted by Crippen LogP contribution is 2.34. The van der Waals surface area contributed by atoms with E-state index in [9.17, 15) is 10.1 Å². The van der Waals surface area contributed by atoms with Gasteiger partial charge in [-0.1, -0.05) is 12.1 Å². The van der Waals surface area contributed by atoms with E-state index >= 15 is 0 Å². The molecule has 6 nitrogen and oxygen atoms in total. The molecular weight excluding hydrogens is 264 g/mol. The molecule has 0 bridgehead atoms. The second-order valence-corrected chi connectivity index (χ2v) is 5.11. The van der Waals surface area contributed by atoms with Gasteiger partial charge >= 0.3 is 0 Å². The van der Waals surface area contributed by atoms with E-state index in [1.165, 1.54) is 6.07 Å². The normalized spacial score (nSPS) is 13.3. The first kappa shape index (κ1) is 11.9. The van der Waals surface area contributed by atoms with Crippen LogP contribution < -0.4 is 5.73 Å². The fraction of sp³-hybridized carbons (Fsp3) is 0.167. The molecule has 1 aromatic carbocycles. The number of nitro benzene ring substituents is 1. The van der Waals surface area contributed by atoms with E-state index in [1.54, 1.807) is 30.0 Å². The van der Waals surface area contributed by atoms with Gasteiger partial charge in [-0.15, -0.1) is 0 Å². The van der Waals surface area contributed by atoms with Crippen molar-refractivity contribution in [3.63, 3.8) is 0 Å². The summed E-state index contributed by atoms with van der Waals surface area (Å²) in [5.74, 6) is 2.32. The van der Waals surface area contributed by atoms with Crippen molar-refractivity contribution in [2.75, 3.05) is 5.73 Å². The van der Waals surface area contributed by atoms with Crippen LogP contribution in [0.3, 0.4) is 0 Å². The molecule has 7 heteroatoms. The molecule has 0 amide bonds. The monoisotopic (exact) mass is 274 g/mol. The number of fused-ring (bicyclic) bond motifs is 1. The number of aromatic nitrogens is 2. The molecule has 0 spiro atoms. The number of nitrogen functional groups attached to an aromatic ring is 1. The maximum atomic E-state index is 11.0. The molecule has 1 aliphatic heterocycles. The van der Waals surface area contributed by atoms with Gasteiger partial charge in [0.1, 0.15) is 5.82 Å². The Labute approximate surface area is 113 Å². The van der Waals surface area contributed by atoms with Crippen molar-refractivity contribution < 1.29 is 4.92 Å². The lowest BCUT2D eigenvalue weighted by atomic mass is 10.1. The molecule has 2 heterocycles. The molecule has 0 radical (unpaired) electrons. The third-order valence-electron chi connectivity index (χ3n) is 2.95. The van der Waals surface area contributed by atoms with Crippen LogP contribution >= 0.6 is 11.8 Å². The molecule has 3 rings (SSSR count). The molecule has 0 aliphatic carbocycles. The van der Waals surface area contributed by atoms with Crippen molar-refractivity contribution >= 4 is 23.3 Å². The highest BCUT2D eigenvalue weighted by atomic mass is 32.2. The Morgan fingerprint density at radius 2 is 2.05 bits per heavy atom. The standard InChI is InChI=1S/C12H10N4O2S/c13-11-8-5-19-6-9(8)14-12(15-11)7-3-1-2-4-10(7)16(17)18/h1-4H,5-6H2,(H2,13,14,15). The zero-order chi connectivity index (χ0) is 13.4. The molecule has 0 atom stereocenters. The van der Waals surface area contributed by atoms with Crippen LogP contribution in [-0.4, -0.2) is 14.9 Å². The van der Waals surface area contributed by atoms with Gasteiger partial charge in [-0.05, 0) is 6.07 Å². The molecule has 0 saturated heterocycles. The van der Waals surface area contributed by atoms with E-state index in [4.69, 9.17) is 5.73 Å². The number of para-hydroxylation sites is 1. The number of hydrogen-bond donors (Lipinski definition) is 1. The van der Waals surface area contributed by atoms with Crippen molar-refractivity contribution in [3.05, 3.63) is 45.6 Å². The number of hydrogen-bond acceptors (Lipinski definition) is 6. The molecular formula is C12H10N4O2S. The van der Waals surface area contributed by atoms with E-state index in [1.807, 2.05) is 0 Å². The van der Waals surface area contributed by atoms with Crippen molar-refractivity contribution in [2.24, 2.45) is 0 Å². The summed E-state index contributed by atoms with van der Waals surface area (Å²) in [6.45, 7) is 0. The highest BCUT2D eigenvalue weighted by molar-refractivity contribution is 7.98. The van der Waals surface area contributed by atoms with Crippen LogP contribution in [0.1, 0.15) is 11.3 Å². The topological polar surface area (TPSA) is 94.9 Å². The molecule has 96 valence electrons. The van der Waals surface area contributed by atoms with Crippen molar-refractivity contribution in [1.82, 2.24) is 9.97 Å². The van der Waals surface area contributed by atoms with Crippen LogP contribution in [-0.2, 0) is 11.5 Å². The summed E-state index contributed by atoms with van der Waals surface area (Å²) in [5.41, 5.74) is 8.13. The first-order valence-corrected chi connectivity index (χ1v) is 6.79. The van der Waals surface area contributed by atoms with Gasteiger partial charge in [0, 0.05) is 23.1 Å². The summed E-state index contributed by atoms with van der Waals surface area (Å²) in [6.07, 6.45) is 0. The number of nitrogens with zero attached hydrogens (tertiary/aromatic N) is 3. The average molecular weight is 274 g/mol. The summed E-state index contributed by atoms with van der Waals surface area (Å²) < 4.78 is 0. The number of benzene rings is 1. The predicted molar refractivity (Wildman–Crippen MR) is 73.5 cm³/mol. The minimum Gasteiger partial charge on any atom is -0.383 e. The Morgan fingerprint density at radius 3 is 2.84 bits per heavy atom. The maximum absolute atomic E-state index is 11.0. The van der Waals surface area contributed by atoms with E-state index in [0.29, 0.717) is 17.2 Å². The number of anilines is 1. The van der Waals surface area contributed by atoms with Gasteiger partial charge in [0.15, 0.2) is 5.82 Å². The molecule has 2 aromatic rings. The van der Waals surface area contributed by atoms with Crippen LogP contribution in [0.2, 0.25) is 0 Å². The summed E-state index contributed by atoms with van der Waals surface area (Å²) in [7, 11) is 0. The summed E-state index contributed by atoms with van der Waals surface area (Å²) >= 11 is 1.72. The lowest BCUT2D eigenvalue weighted by molar-refractivity contribution is -0.384. The van der Waals surface area contributed by atoms with E-state index < -0.39 is 4.92 Å². The van der Waals surface area contributed by atoms with E-state index in [0.717, 1.165) is 22.8 Å². The number of nitro groups is 1. The van der Waals surface area contributed by atoms with Crippen molar-refractivity contribution in [1.29, 1.82) is 0 Å². The lowest BCUT2D eigenvalue weighted by Crippen LogP contribution is -2.04. The SMILES string of the molecule is Nc1nc(-c2ccccc2[N+](=O)[O-])nc2c1CSC2. The predicted octanol–water partition coefficient (Wildman–Crippen LogP) is 2.38. The number of thioether (sulfide) groups is 1. The van der Waals surface area contributed by atoms with E-state index in [2.05, 4.69) is 9.97 Å². The average Bonchev–Trinajstić information content (AvgIpc) is 2.87. The Bertz CT molecular complexity index is 675. The van der Waals surface area contributed by atoms with Gasteiger partial charge in [-0.3, -0.25) is 10.1 Å². The molecule has 19 heavy (non-hydrogen) atoms. The maximum Gasteiger partial charge on any atom is 0.280 e. The minimum absolute atomic E-state index is 0.00694. The minimum atomic E-state index is -0.434. The van der Waals surface area contributed by atoms with Crippen molar-refractivity contribution in [3.8, 4) is 11.4 Å². The summed E-state index contributed by atoms with van der Waals surface area (Å²) in [6, 6.07) is 6.43. The Hall–Kier alpha value is -2.15. The quantitative estimate of drug-likeness (QED) is 0.667. The fourth-order valence-corrected chi connectivity index (χ4v) is 3.07. The van der Waals surface area contributed by atoms with Gasteiger partial charge in [-0.2, -0.15) is 11.8 Å². The van der Waals surface area contributed by atoms with Gasteiger partial charge in [0.25, 0.3) is 5.69 Å². The van der Waals surface area contributed by atoms with Gasteiger partial charge in [0.2, 0.25) is 0 Å². The molecule has 0 saturated carbocycles. The molecule has 0 fully saturated rings. The zero-order valence-corrected chi connectivity index (χ0v) is 10.7. The van der Waals surface area contributed by atoms with E-state index in [-0.39, 0.29) is 5.69 Å². The van der Waals surface area contributed by atoms with Crippen LogP contribution in [0.25, 0.3) is 11.4 Å². The highest BCUT2D eigenvalue weighted by Gasteiger charge is 2.22. The number of rotatable bonds is 2. The Kier molecular flexibility index (Phi) is 2.83. The third kappa shape index (κ3) is 2.01. The molecule has 1 aliphatic rings. The molecule has 1 aromatic heterocycles. The first-order valence-electron chi connectivity index (χ1n) is 5.63. The first-order chi connectivity index (χ1) is 9.16. The Morgan fingerprint density at radius 1 is 1.26 bits per heavy atom. The number of nitrogens with two attached hydrogens (primary N) is 1. The second kappa shape index (κ2) is 4.51. The second-order valence-electron chi connectivity index (χ2n) is 4.12. The van der Waals surface area contributed by atoms with Gasteiger partial charge < -0.3 is 5.73 Å². The van der Waals surface area contributed by atoms with Crippen LogP contribution in [0.4, 0.5) is 11.5 Å². The lowest BCUT2D eigenvalue weighted by Gasteiger charge is -2.06. The van der Waals surface area contributed by atoms with Crippen LogP contribution in [0.15, 0.2) is 24.3 Å². The third-order valence-corrected chi connectivity index (χ3v) is 3.92. The molecule has 2 N–H and O–H groups in total. The smallest absolute Gasteiger partial charge is 0.280 e. The zero-order valence-electron chi connectivity index (χ0n) is 9.87. The largest absolute Gasteiger partial charge is 0.383 e.